The number of nitrogens with one attached hydrogen (secondary N) is 1. The number of rotatable bonds is 3. The molecule has 0 radical (unpaired) electrons. The molecule has 0 amide bonds. The highest BCUT2D eigenvalue weighted by Crippen LogP contribution is 2.32. The zero-order valence-electron chi connectivity index (χ0n) is 11.4. The van der Waals surface area contributed by atoms with E-state index in [0.29, 0.717) is 0 Å². The van der Waals surface area contributed by atoms with E-state index in [9.17, 15) is 0 Å². The first-order valence-corrected chi connectivity index (χ1v) is 7.11. The van der Waals surface area contributed by atoms with Gasteiger partial charge in [0.25, 0.3) is 0 Å². The van der Waals surface area contributed by atoms with Crippen molar-refractivity contribution in [1.82, 2.24) is 4.98 Å². The summed E-state index contributed by atoms with van der Waals surface area (Å²) in [4.78, 5) is 4.32. The lowest BCUT2D eigenvalue weighted by molar-refractivity contribution is 0.537. The molecule has 2 aromatic rings. The van der Waals surface area contributed by atoms with Crippen LogP contribution in [0.25, 0.3) is 10.9 Å². The molecule has 1 heterocycles. The molecule has 3 heteroatoms. The standard InChI is InChI=1S/C16H21N3/c1-11-4-5-12(9-11)10-19-15-7-6-14-13(16(15)17)3-2-8-18-14/h2-3,6-8,11-12,19H,4-5,9-10,17H2,1H3. The van der Waals surface area contributed by atoms with Gasteiger partial charge in [0.05, 0.1) is 16.9 Å². The third-order valence-electron chi connectivity index (χ3n) is 4.21. The van der Waals surface area contributed by atoms with Crippen molar-refractivity contribution in [2.75, 3.05) is 17.6 Å². The van der Waals surface area contributed by atoms with Gasteiger partial charge in [-0.05, 0) is 48.9 Å². The van der Waals surface area contributed by atoms with Crippen molar-refractivity contribution < 1.29 is 0 Å². The molecule has 2 atom stereocenters. The molecule has 1 aromatic heterocycles. The Morgan fingerprint density at radius 2 is 2.21 bits per heavy atom. The minimum absolute atomic E-state index is 0.791. The molecule has 0 saturated heterocycles. The zero-order chi connectivity index (χ0) is 13.2. The molecule has 1 aliphatic carbocycles. The van der Waals surface area contributed by atoms with Crippen molar-refractivity contribution in [3.63, 3.8) is 0 Å². The molecule has 100 valence electrons. The highest BCUT2D eigenvalue weighted by Gasteiger charge is 2.21. The molecule has 1 aromatic carbocycles. The fourth-order valence-corrected chi connectivity index (χ4v) is 3.09. The average molecular weight is 255 g/mol. The van der Waals surface area contributed by atoms with Crippen LogP contribution in [-0.2, 0) is 0 Å². The second kappa shape index (κ2) is 5.08. The summed E-state index contributed by atoms with van der Waals surface area (Å²) in [6.45, 7) is 3.37. The maximum Gasteiger partial charge on any atom is 0.0724 e. The van der Waals surface area contributed by atoms with Crippen LogP contribution in [0.3, 0.4) is 0 Å². The second-order valence-electron chi connectivity index (χ2n) is 5.76. The molecule has 2 unspecified atom stereocenters. The van der Waals surface area contributed by atoms with Crippen molar-refractivity contribution in [3.8, 4) is 0 Å². The van der Waals surface area contributed by atoms with Gasteiger partial charge in [0.2, 0.25) is 0 Å². The lowest BCUT2D eigenvalue weighted by atomic mass is 10.1. The van der Waals surface area contributed by atoms with E-state index in [2.05, 4.69) is 17.2 Å². The molecule has 3 N–H and O–H groups in total. The van der Waals surface area contributed by atoms with Gasteiger partial charge in [0, 0.05) is 18.1 Å². The molecule has 3 rings (SSSR count). The van der Waals surface area contributed by atoms with Crippen molar-refractivity contribution >= 4 is 22.3 Å². The topological polar surface area (TPSA) is 50.9 Å². The van der Waals surface area contributed by atoms with Crippen LogP contribution < -0.4 is 11.1 Å². The summed E-state index contributed by atoms with van der Waals surface area (Å²) in [5.41, 5.74) is 9.04. The number of nitrogens with two attached hydrogens (primary N) is 1. The van der Waals surface area contributed by atoms with E-state index in [-0.39, 0.29) is 0 Å². The molecule has 0 bridgehead atoms. The average Bonchev–Trinajstić information content (AvgIpc) is 2.84. The lowest BCUT2D eigenvalue weighted by Crippen LogP contribution is -2.12. The Kier molecular flexibility index (Phi) is 3.28. The van der Waals surface area contributed by atoms with Crippen LogP contribution >= 0.6 is 0 Å². The van der Waals surface area contributed by atoms with Crippen molar-refractivity contribution in [1.29, 1.82) is 0 Å². The summed E-state index contributed by atoms with van der Waals surface area (Å²) in [6, 6.07) is 8.04. The number of pyridine rings is 1. The minimum Gasteiger partial charge on any atom is -0.397 e. The van der Waals surface area contributed by atoms with Gasteiger partial charge in [-0.1, -0.05) is 13.3 Å². The monoisotopic (exact) mass is 255 g/mol. The van der Waals surface area contributed by atoms with Gasteiger partial charge in [0.1, 0.15) is 0 Å². The van der Waals surface area contributed by atoms with E-state index in [4.69, 9.17) is 5.73 Å². The van der Waals surface area contributed by atoms with Crippen molar-refractivity contribution in [2.24, 2.45) is 11.8 Å². The Balaban J connectivity index is 1.76. The normalized spacial score (nSPS) is 22.8. The Morgan fingerprint density at radius 3 is 3.00 bits per heavy atom. The van der Waals surface area contributed by atoms with Gasteiger partial charge < -0.3 is 11.1 Å². The minimum atomic E-state index is 0.791. The van der Waals surface area contributed by atoms with Gasteiger partial charge in [-0.25, -0.2) is 0 Å². The fourth-order valence-electron chi connectivity index (χ4n) is 3.09. The van der Waals surface area contributed by atoms with E-state index in [1.165, 1.54) is 19.3 Å². The number of hydrogen-bond donors (Lipinski definition) is 2. The molecule has 1 fully saturated rings. The van der Waals surface area contributed by atoms with Crippen LogP contribution in [0.4, 0.5) is 11.4 Å². The van der Waals surface area contributed by atoms with Crippen molar-refractivity contribution in [3.05, 3.63) is 30.5 Å². The van der Waals surface area contributed by atoms with Crippen molar-refractivity contribution in [2.45, 2.75) is 26.2 Å². The van der Waals surface area contributed by atoms with Crippen LogP contribution in [0.5, 0.6) is 0 Å². The first-order chi connectivity index (χ1) is 9.24. The van der Waals surface area contributed by atoms with E-state index >= 15 is 0 Å². The Bertz CT molecular complexity index is 579. The van der Waals surface area contributed by atoms with Gasteiger partial charge in [-0.2, -0.15) is 0 Å². The number of nitrogens with zero attached hydrogens (tertiary/aromatic N) is 1. The smallest absolute Gasteiger partial charge is 0.0724 e. The molecule has 1 saturated carbocycles. The summed E-state index contributed by atoms with van der Waals surface area (Å²) >= 11 is 0. The summed E-state index contributed by atoms with van der Waals surface area (Å²) < 4.78 is 0. The number of hydrogen-bond acceptors (Lipinski definition) is 3. The van der Waals surface area contributed by atoms with E-state index in [0.717, 1.165) is 40.7 Å². The summed E-state index contributed by atoms with van der Waals surface area (Å²) in [7, 11) is 0. The largest absolute Gasteiger partial charge is 0.397 e. The molecule has 1 aliphatic rings. The quantitative estimate of drug-likeness (QED) is 0.823. The molecular weight excluding hydrogens is 234 g/mol. The predicted molar refractivity (Wildman–Crippen MR) is 81.2 cm³/mol. The first kappa shape index (κ1) is 12.3. The Labute approximate surface area is 114 Å². The number of anilines is 2. The SMILES string of the molecule is CC1CCC(CNc2ccc3ncccc3c2N)C1. The molecule has 3 nitrogen and oxygen atoms in total. The Hall–Kier alpha value is -1.77. The number of nitrogen functional groups attached to an aromatic ring is 1. The van der Waals surface area contributed by atoms with Gasteiger partial charge in [-0.3, -0.25) is 4.98 Å². The van der Waals surface area contributed by atoms with Crippen LogP contribution in [0, 0.1) is 11.8 Å². The van der Waals surface area contributed by atoms with Crippen LogP contribution in [0.15, 0.2) is 30.5 Å². The second-order valence-corrected chi connectivity index (χ2v) is 5.76. The third kappa shape index (κ3) is 2.50. The summed E-state index contributed by atoms with van der Waals surface area (Å²) in [5, 5.41) is 4.55. The Morgan fingerprint density at radius 1 is 1.32 bits per heavy atom. The van der Waals surface area contributed by atoms with E-state index < -0.39 is 0 Å². The number of fused-ring (bicyclic) bond motifs is 1. The number of aromatic nitrogens is 1. The van der Waals surface area contributed by atoms with E-state index in [1.54, 1.807) is 6.20 Å². The van der Waals surface area contributed by atoms with Gasteiger partial charge in [0.15, 0.2) is 0 Å². The predicted octanol–water partition coefficient (Wildman–Crippen LogP) is 3.67. The van der Waals surface area contributed by atoms with Gasteiger partial charge >= 0.3 is 0 Å². The molecular formula is C16H21N3. The highest BCUT2D eigenvalue weighted by molar-refractivity contribution is 5.96. The summed E-state index contributed by atoms with van der Waals surface area (Å²) in [5.74, 6) is 1.67. The third-order valence-corrected chi connectivity index (χ3v) is 4.21. The maximum atomic E-state index is 6.23. The molecule has 0 aliphatic heterocycles. The number of benzene rings is 1. The lowest BCUT2D eigenvalue weighted by Gasteiger charge is -2.15. The molecule has 19 heavy (non-hydrogen) atoms. The first-order valence-electron chi connectivity index (χ1n) is 7.11. The fraction of sp³-hybridized carbons (Fsp3) is 0.438. The van der Waals surface area contributed by atoms with Crippen LogP contribution in [0.2, 0.25) is 0 Å². The summed E-state index contributed by atoms with van der Waals surface area (Å²) in [6.07, 6.45) is 5.84. The maximum absolute atomic E-state index is 6.23. The highest BCUT2D eigenvalue weighted by atomic mass is 14.9. The van der Waals surface area contributed by atoms with Crippen LogP contribution in [-0.4, -0.2) is 11.5 Å². The van der Waals surface area contributed by atoms with E-state index in [1.807, 2.05) is 24.3 Å². The zero-order valence-corrected chi connectivity index (χ0v) is 11.4. The van der Waals surface area contributed by atoms with Crippen LogP contribution in [0.1, 0.15) is 26.2 Å². The molecule has 0 spiro atoms. The van der Waals surface area contributed by atoms with Gasteiger partial charge in [-0.15, -0.1) is 0 Å².